The average molecular weight is 259 g/mol. The minimum absolute atomic E-state index is 0.275. The van der Waals surface area contributed by atoms with Crippen molar-refractivity contribution in [3.8, 4) is 0 Å². The molecule has 2 rings (SSSR count). The standard InChI is InChI=1S/C16H25N3/c1-2-13-8-10-19(11-9-13)15(12-16(17)18)14-6-4-3-5-7-14/h3-7,13,15H,2,8-12H2,1H3,(H3,17,18). The van der Waals surface area contributed by atoms with Gasteiger partial charge in [-0.15, -0.1) is 0 Å². The molecule has 0 saturated carbocycles. The quantitative estimate of drug-likeness (QED) is 0.630. The first-order valence-corrected chi connectivity index (χ1v) is 7.32. The lowest BCUT2D eigenvalue weighted by molar-refractivity contribution is 0.133. The Morgan fingerprint density at radius 1 is 1.32 bits per heavy atom. The number of hydrogen-bond donors (Lipinski definition) is 2. The van der Waals surface area contributed by atoms with E-state index in [4.69, 9.17) is 11.1 Å². The van der Waals surface area contributed by atoms with Crippen molar-refractivity contribution in [2.75, 3.05) is 13.1 Å². The molecule has 0 aromatic heterocycles. The van der Waals surface area contributed by atoms with Crippen LogP contribution < -0.4 is 5.73 Å². The fourth-order valence-electron chi connectivity index (χ4n) is 3.01. The van der Waals surface area contributed by atoms with Crippen LogP contribution in [-0.2, 0) is 0 Å². The summed E-state index contributed by atoms with van der Waals surface area (Å²) in [5, 5.41) is 7.62. The van der Waals surface area contributed by atoms with Gasteiger partial charge in [-0.3, -0.25) is 10.3 Å². The molecule has 0 amide bonds. The fraction of sp³-hybridized carbons (Fsp3) is 0.562. The molecule has 19 heavy (non-hydrogen) atoms. The summed E-state index contributed by atoms with van der Waals surface area (Å²) < 4.78 is 0. The molecule has 3 nitrogen and oxygen atoms in total. The first kappa shape index (κ1) is 14.1. The van der Waals surface area contributed by atoms with Gasteiger partial charge in [-0.25, -0.2) is 0 Å². The summed E-state index contributed by atoms with van der Waals surface area (Å²) in [7, 11) is 0. The van der Waals surface area contributed by atoms with Gasteiger partial charge in [0.15, 0.2) is 0 Å². The third-order valence-corrected chi connectivity index (χ3v) is 4.26. The number of hydrogen-bond acceptors (Lipinski definition) is 2. The molecule has 1 fully saturated rings. The normalized spacial score (nSPS) is 19.2. The van der Waals surface area contributed by atoms with Crippen molar-refractivity contribution < 1.29 is 0 Å². The average Bonchev–Trinajstić information content (AvgIpc) is 2.46. The lowest BCUT2D eigenvalue weighted by atomic mass is 9.91. The molecule has 104 valence electrons. The van der Waals surface area contributed by atoms with Crippen LogP contribution in [0.25, 0.3) is 0 Å². The van der Waals surface area contributed by atoms with E-state index in [0.717, 1.165) is 19.0 Å². The number of benzene rings is 1. The highest BCUT2D eigenvalue weighted by Crippen LogP contribution is 2.30. The van der Waals surface area contributed by atoms with Gasteiger partial charge in [0.1, 0.15) is 0 Å². The lowest BCUT2D eigenvalue weighted by Gasteiger charge is -2.37. The predicted molar refractivity (Wildman–Crippen MR) is 80.3 cm³/mol. The zero-order valence-corrected chi connectivity index (χ0v) is 11.8. The van der Waals surface area contributed by atoms with Crippen molar-refractivity contribution in [1.82, 2.24) is 4.90 Å². The van der Waals surface area contributed by atoms with E-state index in [1.54, 1.807) is 0 Å². The third-order valence-electron chi connectivity index (χ3n) is 4.26. The Balaban J connectivity index is 2.08. The van der Waals surface area contributed by atoms with Crippen LogP contribution in [0.2, 0.25) is 0 Å². The van der Waals surface area contributed by atoms with Crippen molar-refractivity contribution in [3.05, 3.63) is 35.9 Å². The van der Waals surface area contributed by atoms with E-state index < -0.39 is 0 Å². The first-order valence-electron chi connectivity index (χ1n) is 7.32. The molecule has 1 unspecified atom stereocenters. The zero-order chi connectivity index (χ0) is 13.7. The summed E-state index contributed by atoms with van der Waals surface area (Å²) in [5.74, 6) is 1.16. The molecule has 3 heteroatoms. The van der Waals surface area contributed by atoms with Crippen molar-refractivity contribution in [3.63, 3.8) is 0 Å². The Kier molecular flexibility index (Phi) is 4.97. The van der Waals surface area contributed by atoms with Crippen LogP contribution in [-0.4, -0.2) is 23.8 Å². The summed E-state index contributed by atoms with van der Waals surface area (Å²) in [6.07, 6.45) is 4.48. The lowest BCUT2D eigenvalue weighted by Crippen LogP contribution is -2.38. The first-order chi connectivity index (χ1) is 9.20. The molecule has 3 N–H and O–H groups in total. The molecular formula is C16H25N3. The second-order valence-corrected chi connectivity index (χ2v) is 5.54. The van der Waals surface area contributed by atoms with Gasteiger partial charge in [0, 0.05) is 12.5 Å². The summed E-state index contributed by atoms with van der Waals surface area (Å²) in [4.78, 5) is 2.50. The van der Waals surface area contributed by atoms with Gasteiger partial charge in [0.2, 0.25) is 0 Å². The van der Waals surface area contributed by atoms with Crippen LogP contribution >= 0.6 is 0 Å². The van der Waals surface area contributed by atoms with Crippen LogP contribution in [0, 0.1) is 11.3 Å². The van der Waals surface area contributed by atoms with Gasteiger partial charge in [-0.1, -0.05) is 43.7 Å². The molecule has 1 saturated heterocycles. The maximum atomic E-state index is 7.62. The molecule has 1 aromatic carbocycles. The van der Waals surface area contributed by atoms with Crippen molar-refractivity contribution in [1.29, 1.82) is 5.41 Å². The van der Waals surface area contributed by atoms with Gasteiger partial charge in [-0.2, -0.15) is 0 Å². The Morgan fingerprint density at radius 2 is 1.95 bits per heavy atom. The second kappa shape index (κ2) is 6.71. The third kappa shape index (κ3) is 3.80. The Labute approximate surface area is 116 Å². The Morgan fingerprint density at radius 3 is 2.47 bits per heavy atom. The molecule has 1 aliphatic rings. The maximum absolute atomic E-state index is 7.62. The number of piperidine rings is 1. The fourth-order valence-corrected chi connectivity index (χ4v) is 3.01. The van der Waals surface area contributed by atoms with E-state index in [1.807, 2.05) is 6.07 Å². The van der Waals surface area contributed by atoms with Crippen LogP contribution in [0.4, 0.5) is 0 Å². The van der Waals surface area contributed by atoms with Crippen molar-refractivity contribution >= 4 is 5.84 Å². The zero-order valence-electron chi connectivity index (χ0n) is 11.8. The van der Waals surface area contributed by atoms with Crippen LogP contribution in [0.3, 0.4) is 0 Å². The highest BCUT2D eigenvalue weighted by Gasteiger charge is 2.25. The van der Waals surface area contributed by atoms with Gasteiger partial charge in [0.05, 0.1) is 5.84 Å². The van der Waals surface area contributed by atoms with Crippen LogP contribution in [0.1, 0.15) is 44.2 Å². The van der Waals surface area contributed by atoms with Crippen molar-refractivity contribution in [2.24, 2.45) is 11.7 Å². The molecule has 0 aliphatic carbocycles. The number of rotatable bonds is 5. The molecule has 0 bridgehead atoms. The second-order valence-electron chi connectivity index (χ2n) is 5.54. The van der Waals surface area contributed by atoms with Gasteiger partial charge in [-0.05, 0) is 37.4 Å². The summed E-state index contributed by atoms with van der Waals surface area (Å²) in [6.45, 7) is 4.54. The van der Waals surface area contributed by atoms with E-state index in [1.165, 1.54) is 24.8 Å². The largest absolute Gasteiger partial charge is 0.388 e. The van der Waals surface area contributed by atoms with Crippen LogP contribution in [0.15, 0.2) is 30.3 Å². The minimum Gasteiger partial charge on any atom is -0.388 e. The molecule has 0 spiro atoms. The van der Waals surface area contributed by atoms with Gasteiger partial charge >= 0.3 is 0 Å². The number of nitrogens with two attached hydrogens (primary N) is 1. The van der Waals surface area contributed by atoms with Gasteiger partial charge in [0.25, 0.3) is 0 Å². The smallest absolute Gasteiger partial charge is 0.0924 e. The molecule has 1 aromatic rings. The summed E-state index contributed by atoms with van der Waals surface area (Å²) in [5.41, 5.74) is 6.93. The van der Waals surface area contributed by atoms with E-state index in [-0.39, 0.29) is 11.9 Å². The topological polar surface area (TPSA) is 53.1 Å². The number of nitrogens with zero attached hydrogens (tertiary/aromatic N) is 1. The highest BCUT2D eigenvalue weighted by atomic mass is 15.2. The SMILES string of the molecule is CCC1CCN(C(CC(=N)N)c2ccccc2)CC1. The Hall–Kier alpha value is -1.35. The number of likely N-dealkylation sites (tertiary alicyclic amines) is 1. The number of amidine groups is 1. The summed E-state index contributed by atoms with van der Waals surface area (Å²) >= 11 is 0. The minimum atomic E-state index is 0.275. The van der Waals surface area contributed by atoms with Gasteiger partial charge < -0.3 is 5.73 Å². The van der Waals surface area contributed by atoms with E-state index in [2.05, 4.69) is 36.1 Å². The maximum Gasteiger partial charge on any atom is 0.0924 e. The molecule has 1 heterocycles. The molecular weight excluding hydrogens is 234 g/mol. The monoisotopic (exact) mass is 259 g/mol. The highest BCUT2D eigenvalue weighted by molar-refractivity contribution is 5.77. The number of nitrogens with one attached hydrogen (secondary N) is 1. The van der Waals surface area contributed by atoms with E-state index >= 15 is 0 Å². The molecule has 1 atom stereocenters. The van der Waals surface area contributed by atoms with Crippen molar-refractivity contribution in [2.45, 2.75) is 38.6 Å². The van der Waals surface area contributed by atoms with Crippen LogP contribution in [0.5, 0.6) is 0 Å². The Bertz CT molecular complexity index is 394. The van der Waals surface area contributed by atoms with E-state index in [9.17, 15) is 0 Å². The molecule has 0 radical (unpaired) electrons. The molecule has 1 aliphatic heterocycles. The predicted octanol–water partition coefficient (Wildman–Crippen LogP) is 3.18. The van der Waals surface area contributed by atoms with E-state index in [0.29, 0.717) is 6.42 Å². The summed E-state index contributed by atoms with van der Waals surface area (Å²) in [6, 6.07) is 10.8.